The van der Waals surface area contributed by atoms with Gasteiger partial charge in [0.25, 0.3) is 0 Å². The van der Waals surface area contributed by atoms with Gasteiger partial charge >= 0.3 is 0 Å². The lowest BCUT2D eigenvalue weighted by Crippen LogP contribution is -2.04. The molecule has 0 N–H and O–H groups in total. The maximum atomic E-state index is 13.0. The molecular weight excluding hydrogens is 378 g/mol. The van der Waals surface area contributed by atoms with E-state index in [4.69, 9.17) is 0 Å². The van der Waals surface area contributed by atoms with Crippen molar-refractivity contribution in [1.82, 2.24) is 14.6 Å². The Balaban J connectivity index is 1.76. The molecule has 27 heavy (non-hydrogen) atoms. The standard InChI is InChI=1S/C20H17N3O2S2/c1-15-12-19(26-14-16-8-4-2-5-9-16)23-20(22-15)18(13-21-23)27(24,25)17-10-6-3-7-11-17/h2-13H,14H2,1H3. The van der Waals surface area contributed by atoms with Crippen LogP contribution in [0.4, 0.5) is 0 Å². The number of aromatic nitrogens is 3. The predicted octanol–water partition coefficient (Wildman–Crippen LogP) is 4.16. The first-order chi connectivity index (χ1) is 13.1. The fourth-order valence-electron chi connectivity index (χ4n) is 2.78. The van der Waals surface area contributed by atoms with Gasteiger partial charge in [0.05, 0.1) is 11.1 Å². The van der Waals surface area contributed by atoms with Gasteiger partial charge in [0.15, 0.2) is 5.65 Å². The lowest BCUT2D eigenvalue weighted by Gasteiger charge is -2.07. The summed E-state index contributed by atoms with van der Waals surface area (Å²) in [5.74, 6) is 0.764. The summed E-state index contributed by atoms with van der Waals surface area (Å²) in [4.78, 5) is 4.81. The van der Waals surface area contributed by atoms with Crippen LogP contribution in [-0.2, 0) is 15.6 Å². The Bertz CT molecular complexity index is 1190. The number of aryl methyl sites for hydroxylation is 1. The first-order valence-corrected chi connectivity index (χ1v) is 10.8. The molecule has 7 heteroatoms. The van der Waals surface area contributed by atoms with Gasteiger partial charge in [0.2, 0.25) is 9.84 Å². The van der Waals surface area contributed by atoms with E-state index in [1.807, 2.05) is 31.2 Å². The van der Waals surface area contributed by atoms with Crippen LogP contribution in [0, 0.1) is 6.92 Å². The molecular formula is C20H17N3O2S2. The molecule has 136 valence electrons. The van der Waals surface area contributed by atoms with Crippen molar-refractivity contribution in [3.63, 3.8) is 0 Å². The predicted molar refractivity (Wildman–Crippen MR) is 106 cm³/mol. The molecule has 4 aromatic rings. The van der Waals surface area contributed by atoms with Crippen molar-refractivity contribution in [3.8, 4) is 0 Å². The van der Waals surface area contributed by atoms with Crippen molar-refractivity contribution in [2.45, 2.75) is 27.5 Å². The van der Waals surface area contributed by atoms with E-state index in [0.717, 1.165) is 16.5 Å². The fourth-order valence-corrected chi connectivity index (χ4v) is 5.12. The van der Waals surface area contributed by atoms with Gasteiger partial charge in [-0.25, -0.2) is 17.9 Å². The topological polar surface area (TPSA) is 64.3 Å². The summed E-state index contributed by atoms with van der Waals surface area (Å²) in [6.07, 6.45) is 1.39. The Kier molecular flexibility index (Phi) is 4.72. The van der Waals surface area contributed by atoms with Crippen LogP contribution in [0.25, 0.3) is 5.65 Å². The molecule has 0 bridgehead atoms. The number of fused-ring (bicyclic) bond motifs is 1. The van der Waals surface area contributed by atoms with Crippen molar-refractivity contribution in [2.24, 2.45) is 0 Å². The second-order valence-corrected chi connectivity index (χ2v) is 8.98. The first-order valence-electron chi connectivity index (χ1n) is 8.38. The van der Waals surface area contributed by atoms with Gasteiger partial charge in [-0.15, -0.1) is 11.8 Å². The van der Waals surface area contributed by atoms with Crippen molar-refractivity contribution in [1.29, 1.82) is 0 Å². The van der Waals surface area contributed by atoms with Gasteiger partial charge in [-0.2, -0.15) is 5.10 Å². The van der Waals surface area contributed by atoms with Gasteiger partial charge in [-0.05, 0) is 30.7 Å². The second-order valence-electron chi connectivity index (χ2n) is 6.07. The molecule has 2 aromatic carbocycles. The van der Waals surface area contributed by atoms with Crippen LogP contribution in [0.5, 0.6) is 0 Å². The molecule has 0 unspecified atom stereocenters. The van der Waals surface area contributed by atoms with Crippen LogP contribution in [0.2, 0.25) is 0 Å². The number of nitrogens with zero attached hydrogens (tertiary/aromatic N) is 3. The van der Waals surface area contributed by atoms with Crippen LogP contribution in [0.15, 0.2) is 87.7 Å². The molecule has 0 fully saturated rings. The van der Waals surface area contributed by atoms with E-state index in [2.05, 4.69) is 22.2 Å². The monoisotopic (exact) mass is 395 g/mol. The molecule has 0 aliphatic rings. The third kappa shape index (κ3) is 3.48. The number of sulfone groups is 1. The fraction of sp³-hybridized carbons (Fsp3) is 0.100. The average Bonchev–Trinajstić information content (AvgIpc) is 3.12. The van der Waals surface area contributed by atoms with Crippen LogP contribution < -0.4 is 0 Å². The van der Waals surface area contributed by atoms with Crippen molar-refractivity contribution in [3.05, 3.63) is 84.2 Å². The molecule has 0 amide bonds. The first kappa shape index (κ1) is 17.8. The molecule has 0 radical (unpaired) electrons. The highest BCUT2D eigenvalue weighted by Gasteiger charge is 2.24. The van der Waals surface area contributed by atoms with Gasteiger partial charge in [-0.1, -0.05) is 48.5 Å². The van der Waals surface area contributed by atoms with E-state index in [0.29, 0.717) is 5.65 Å². The third-order valence-corrected chi connectivity index (χ3v) is 6.93. The smallest absolute Gasteiger partial charge is 0.211 e. The van der Waals surface area contributed by atoms with Gasteiger partial charge in [-0.3, -0.25) is 0 Å². The Hall–Kier alpha value is -2.64. The summed E-state index contributed by atoms with van der Waals surface area (Å²) in [5.41, 5.74) is 2.30. The maximum Gasteiger partial charge on any atom is 0.211 e. The molecule has 0 aliphatic heterocycles. The molecule has 4 rings (SSSR count). The summed E-state index contributed by atoms with van der Waals surface area (Å²) < 4.78 is 27.6. The lowest BCUT2D eigenvalue weighted by molar-refractivity contribution is 0.596. The zero-order chi connectivity index (χ0) is 18.9. The Labute approximate surface area is 162 Å². The van der Waals surface area contributed by atoms with Gasteiger partial charge < -0.3 is 0 Å². The van der Waals surface area contributed by atoms with Gasteiger partial charge in [0, 0.05) is 11.4 Å². The second kappa shape index (κ2) is 7.17. The molecule has 0 aliphatic carbocycles. The van der Waals surface area contributed by atoms with Crippen LogP contribution in [0.3, 0.4) is 0 Å². The van der Waals surface area contributed by atoms with E-state index < -0.39 is 9.84 Å². The SMILES string of the molecule is Cc1cc(SCc2ccccc2)n2ncc(S(=O)(=O)c3ccccc3)c2n1. The molecule has 0 spiro atoms. The summed E-state index contributed by atoms with van der Waals surface area (Å²) in [6.45, 7) is 1.86. The number of hydrogen-bond donors (Lipinski definition) is 0. The molecule has 0 saturated heterocycles. The zero-order valence-corrected chi connectivity index (χ0v) is 16.2. The average molecular weight is 396 g/mol. The highest BCUT2D eigenvalue weighted by Crippen LogP contribution is 2.28. The minimum Gasteiger partial charge on any atom is -0.233 e. The number of benzene rings is 2. The lowest BCUT2D eigenvalue weighted by atomic mass is 10.2. The summed E-state index contributed by atoms with van der Waals surface area (Å²) in [6, 6.07) is 20.4. The minimum atomic E-state index is -3.68. The normalized spacial score (nSPS) is 11.7. The molecule has 5 nitrogen and oxygen atoms in total. The maximum absolute atomic E-state index is 13.0. The zero-order valence-electron chi connectivity index (χ0n) is 14.6. The quantitative estimate of drug-likeness (QED) is 0.375. The molecule has 0 atom stereocenters. The Morgan fingerprint density at radius 2 is 1.67 bits per heavy atom. The summed E-state index contributed by atoms with van der Waals surface area (Å²) >= 11 is 1.60. The van der Waals surface area contributed by atoms with Crippen molar-refractivity contribution in [2.75, 3.05) is 0 Å². The van der Waals surface area contributed by atoms with E-state index in [9.17, 15) is 8.42 Å². The third-order valence-electron chi connectivity index (χ3n) is 4.11. The number of rotatable bonds is 5. The van der Waals surface area contributed by atoms with Crippen molar-refractivity contribution >= 4 is 27.2 Å². The largest absolute Gasteiger partial charge is 0.233 e. The molecule has 2 aromatic heterocycles. The molecule has 2 heterocycles. The van der Waals surface area contributed by atoms with E-state index in [1.165, 1.54) is 11.8 Å². The van der Waals surface area contributed by atoms with E-state index in [-0.39, 0.29) is 9.79 Å². The summed E-state index contributed by atoms with van der Waals surface area (Å²) in [7, 11) is -3.68. The van der Waals surface area contributed by atoms with Crippen LogP contribution >= 0.6 is 11.8 Å². The van der Waals surface area contributed by atoms with Crippen molar-refractivity contribution < 1.29 is 8.42 Å². The van der Waals surface area contributed by atoms with E-state index in [1.54, 1.807) is 46.6 Å². The van der Waals surface area contributed by atoms with Crippen LogP contribution in [-0.4, -0.2) is 23.0 Å². The minimum absolute atomic E-state index is 0.124. The Morgan fingerprint density at radius 1 is 1.00 bits per heavy atom. The Morgan fingerprint density at radius 3 is 2.37 bits per heavy atom. The van der Waals surface area contributed by atoms with Gasteiger partial charge in [0.1, 0.15) is 9.92 Å². The highest BCUT2D eigenvalue weighted by atomic mass is 32.2. The van der Waals surface area contributed by atoms with E-state index >= 15 is 0 Å². The van der Waals surface area contributed by atoms with Crippen LogP contribution in [0.1, 0.15) is 11.3 Å². The number of hydrogen-bond acceptors (Lipinski definition) is 5. The summed E-state index contributed by atoms with van der Waals surface area (Å²) in [5, 5.41) is 5.18. The highest BCUT2D eigenvalue weighted by molar-refractivity contribution is 7.98. The molecule has 0 saturated carbocycles. The number of thioether (sulfide) groups is 1.